The van der Waals surface area contributed by atoms with Gasteiger partial charge in [0.05, 0.1) is 18.4 Å². The highest BCUT2D eigenvalue weighted by Gasteiger charge is 2.36. The van der Waals surface area contributed by atoms with Crippen LogP contribution in [0.2, 0.25) is 0 Å². The SMILES string of the molecule is CC(C)CC(C(=O)NN(CC(C)C)C(=O)[C@@H](C)NC(=O)OCc1ccccc1)[C@@H](CCCc1ccccc1)C(=O)NOCc1ccccc1. The van der Waals surface area contributed by atoms with Gasteiger partial charge in [-0.25, -0.2) is 10.3 Å². The van der Waals surface area contributed by atoms with Gasteiger partial charge in [-0.1, -0.05) is 119 Å². The van der Waals surface area contributed by atoms with E-state index in [-0.39, 0.29) is 37.5 Å². The second kappa shape index (κ2) is 20.6. The first kappa shape index (κ1) is 38.7. The van der Waals surface area contributed by atoms with Gasteiger partial charge in [0.25, 0.3) is 5.91 Å². The van der Waals surface area contributed by atoms with Crippen molar-refractivity contribution in [3.05, 3.63) is 108 Å². The zero-order valence-corrected chi connectivity index (χ0v) is 29.4. The van der Waals surface area contributed by atoms with E-state index < -0.39 is 35.8 Å². The van der Waals surface area contributed by atoms with E-state index in [4.69, 9.17) is 9.57 Å². The minimum atomic E-state index is -0.984. The molecule has 10 heteroatoms. The Morgan fingerprint density at radius 3 is 1.78 bits per heavy atom. The first-order chi connectivity index (χ1) is 23.5. The molecule has 10 nitrogen and oxygen atoms in total. The number of alkyl carbamates (subject to hydrolysis) is 1. The number of carbonyl (C=O) groups excluding carboxylic acids is 4. The number of nitrogens with one attached hydrogen (secondary N) is 3. The Morgan fingerprint density at radius 1 is 0.673 bits per heavy atom. The predicted octanol–water partition coefficient (Wildman–Crippen LogP) is 6.37. The summed E-state index contributed by atoms with van der Waals surface area (Å²) in [7, 11) is 0. The molecular weight excluding hydrogens is 620 g/mol. The van der Waals surface area contributed by atoms with Crippen LogP contribution in [0.3, 0.4) is 0 Å². The van der Waals surface area contributed by atoms with Crippen LogP contribution < -0.4 is 16.2 Å². The van der Waals surface area contributed by atoms with E-state index in [0.717, 1.165) is 23.1 Å². The standard InChI is InChI=1S/C39H52N4O6/c1-28(2)24-35(34(23-15-22-31-16-9-6-10-17-31)37(45)42-49-27-33-20-13-8-14-21-33)36(44)41-43(25-29(3)4)38(46)30(5)40-39(47)48-26-32-18-11-7-12-19-32/h6-14,16-21,28-30,34-35H,15,22-27H2,1-5H3,(H,40,47)(H,41,44)(H,42,45)/t30-,34-,35?/m1/s1. The van der Waals surface area contributed by atoms with Gasteiger partial charge < -0.3 is 10.1 Å². The van der Waals surface area contributed by atoms with Crippen LogP contribution in [0.15, 0.2) is 91.0 Å². The van der Waals surface area contributed by atoms with Crippen LogP contribution in [0.5, 0.6) is 0 Å². The Morgan fingerprint density at radius 2 is 1.22 bits per heavy atom. The van der Waals surface area contributed by atoms with Crippen molar-refractivity contribution < 1.29 is 28.8 Å². The molecule has 0 saturated heterocycles. The van der Waals surface area contributed by atoms with Crippen LogP contribution in [0.4, 0.5) is 4.79 Å². The molecule has 0 fully saturated rings. The lowest BCUT2D eigenvalue weighted by molar-refractivity contribution is -0.150. The Balaban J connectivity index is 1.74. The second-order valence-electron chi connectivity index (χ2n) is 13.2. The normalized spacial score (nSPS) is 12.9. The van der Waals surface area contributed by atoms with E-state index in [1.165, 1.54) is 5.01 Å². The van der Waals surface area contributed by atoms with Crippen molar-refractivity contribution in [1.82, 2.24) is 21.2 Å². The summed E-state index contributed by atoms with van der Waals surface area (Å²) < 4.78 is 5.30. The van der Waals surface area contributed by atoms with Gasteiger partial charge in [0, 0.05) is 6.54 Å². The van der Waals surface area contributed by atoms with Crippen LogP contribution >= 0.6 is 0 Å². The molecule has 0 bridgehead atoms. The fraction of sp³-hybridized carbons (Fsp3) is 0.436. The van der Waals surface area contributed by atoms with Gasteiger partial charge in [-0.2, -0.15) is 0 Å². The molecule has 3 aromatic carbocycles. The molecule has 49 heavy (non-hydrogen) atoms. The first-order valence-corrected chi connectivity index (χ1v) is 17.1. The van der Waals surface area contributed by atoms with Crippen LogP contribution in [-0.4, -0.2) is 41.4 Å². The Bertz CT molecular complexity index is 1440. The van der Waals surface area contributed by atoms with Crippen molar-refractivity contribution in [3.8, 4) is 0 Å². The molecule has 3 rings (SSSR count). The van der Waals surface area contributed by atoms with Crippen LogP contribution in [0.25, 0.3) is 0 Å². The average molecular weight is 673 g/mol. The van der Waals surface area contributed by atoms with Crippen molar-refractivity contribution in [2.24, 2.45) is 23.7 Å². The van der Waals surface area contributed by atoms with E-state index in [0.29, 0.717) is 19.3 Å². The summed E-state index contributed by atoms with van der Waals surface area (Å²) in [6, 6.07) is 27.7. The molecule has 3 atom stereocenters. The van der Waals surface area contributed by atoms with Gasteiger partial charge >= 0.3 is 6.09 Å². The molecule has 4 amide bonds. The largest absolute Gasteiger partial charge is 0.445 e. The predicted molar refractivity (Wildman–Crippen MR) is 189 cm³/mol. The smallest absolute Gasteiger partial charge is 0.408 e. The molecule has 3 aromatic rings. The number of benzene rings is 3. The summed E-state index contributed by atoms with van der Waals surface area (Å²) in [6.07, 6.45) is 1.51. The molecule has 0 aliphatic rings. The number of hydroxylamine groups is 1. The molecule has 264 valence electrons. The summed E-state index contributed by atoms with van der Waals surface area (Å²) in [5, 5.41) is 3.82. The van der Waals surface area contributed by atoms with Gasteiger partial charge in [0.2, 0.25) is 11.8 Å². The van der Waals surface area contributed by atoms with E-state index in [9.17, 15) is 19.2 Å². The Hall–Kier alpha value is -4.70. The number of hydrogen-bond donors (Lipinski definition) is 3. The highest BCUT2D eigenvalue weighted by atomic mass is 16.6. The zero-order valence-electron chi connectivity index (χ0n) is 29.4. The van der Waals surface area contributed by atoms with Gasteiger partial charge in [-0.3, -0.25) is 29.7 Å². The molecule has 0 aliphatic heterocycles. The van der Waals surface area contributed by atoms with Gasteiger partial charge in [-0.05, 0) is 61.1 Å². The van der Waals surface area contributed by atoms with E-state index in [1.54, 1.807) is 6.92 Å². The summed E-state index contributed by atoms with van der Waals surface area (Å²) >= 11 is 0. The third-order valence-corrected chi connectivity index (χ3v) is 7.94. The third-order valence-electron chi connectivity index (χ3n) is 7.94. The van der Waals surface area contributed by atoms with Gasteiger partial charge in [-0.15, -0.1) is 0 Å². The number of carbonyl (C=O) groups is 4. The summed E-state index contributed by atoms with van der Waals surface area (Å²) in [5.74, 6) is -2.72. The third kappa shape index (κ3) is 14.1. The maximum absolute atomic E-state index is 14.1. The van der Waals surface area contributed by atoms with Crippen molar-refractivity contribution >= 4 is 23.8 Å². The number of ether oxygens (including phenoxy) is 1. The highest BCUT2D eigenvalue weighted by Crippen LogP contribution is 2.27. The van der Waals surface area contributed by atoms with Crippen LogP contribution in [-0.2, 0) is 43.6 Å². The number of hydrazine groups is 1. The van der Waals surface area contributed by atoms with Crippen molar-refractivity contribution in [2.45, 2.75) is 79.6 Å². The molecule has 0 aliphatic carbocycles. The van der Waals surface area contributed by atoms with E-state index >= 15 is 0 Å². The molecular formula is C39H52N4O6. The van der Waals surface area contributed by atoms with E-state index in [2.05, 4.69) is 16.2 Å². The molecule has 0 saturated carbocycles. The number of rotatable bonds is 18. The summed E-state index contributed by atoms with van der Waals surface area (Å²) in [6.45, 7) is 9.82. The maximum atomic E-state index is 14.1. The number of hydrogen-bond acceptors (Lipinski definition) is 6. The highest BCUT2D eigenvalue weighted by molar-refractivity contribution is 5.90. The van der Waals surface area contributed by atoms with Crippen molar-refractivity contribution in [3.63, 3.8) is 0 Å². The molecule has 3 N–H and O–H groups in total. The van der Waals surface area contributed by atoms with Gasteiger partial charge in [0.1, 0.15) is 12.6 Å². The molecule has 0 heterocycles. The summed E-state index contributed by atoms with van der Waals surface area (Å²) in [5.41, 5.74) is 8.28. The lowest BCUT2D eigenvalue weighted by Crippen LogP contribution is -2.57. The Labute approximate surface area is 290 Å². The topological polar surface area (TPSA) is 126 Å². The number of amides is 4. The average Bonchev–Trinajstić information content (AvgIpc) is 3.08. The minimum absolute atomic E-state index is 0.00128. The number of aryl methyl sites for hydroxylation is 1. The maximum Gasteiger partial charge on any atom is 0.408 e. The monoisotopic (exact) mass is 672 g/mol. The fourth-order valence-electron chi connectivity index (χ4n) is 5.50. The lowest BCUT2D eigenvalue weighted by Gasteiger charge is -2.32. The lowest BCUT2D eigenvalue weighted by atomic mass is 9.81. The molecule has 0 spiro atoms. The van der Waals surface area contributed by atoms with Gasteiger partial charge in [0.15, 0.2) is 0 Å². The van der Waals surface area contributed by atoms with Crippen molar-refractivity contribution in [2.75, 3.05) is 6.54 Å². The summed E-state index contributed by atoms with van der Waals surface area (Å²) in [4.78, 5) is 59.6. The second-order valence-corrected chi connectivity index (χ2v) is 13.2. The van der Waals surface area contributed by atoms with Crippen molar-refractivity contribution in [1.29, 1.82) is 0 Å². The quantitative estimate of drug-likeness (QED) is 0.135. The Kier molecular flexibility index (Phi) is 16.3. The molecule has 0 radical (unpaired) electrons. The number of nitrogens with zero attached hydrogens (tertiary/aromatic N) is 1. The van der Waals surface area contributed by atoms with Crippen LogP contribution in [0, 0.1) is 23.7 Å². The fourth-order valence-corrected chi connectivity index (χ4v) is 5.50. The molecule has 0 aromatic heterocycles. The molecule has 1 unspecified atom stereocenters. The first-order valence-electron chi connectivity index (χ1n) is 17.1. The zero-order chi connectivity index (χ0) is 35.6. The minimum Gasteiger partial charge on any atom is -0.445 e. The van der Waals surface area contributed by atoms with Crippen LogP contribution in [0.1, 0.15) is 70.6 Å². The van der Waals surface area contributed by atoms with E-state index in [1.807, 2.05) is 119 Å².